The summed E-state index contributed by atoms with van der Waals surface area (Å²) < 4.78 is 17.8. The summed E-state index contributed by atoms with van der Waals surface area (Å²) in [6.07, 6.45) is 3.00. The molecule has 0 bridgehead atoms. The van der Waals surface area contributed by atoms with E-state index in [1.165, 1.54) is 0 Å². The summed E-state index contributed by atoms with van der Waals surface area (Å²) in [6.45, 7) is 1.59. The maximum atomic E-state index is 12.4. The lowest BCUT2D eigenvalue weighted by molar-refractivity contribution is -0.124. The van der Waals surface area contributed by atoms with Gasteiger partial charge in [-0.25, -0.2) is 4.21 Å². The van der Waals surface area contributed by atoms with Gasteiger partial charge in [-0.3, -0.25) is 4.79 Å². The zero-order valence-electron chi connectivity index (χ0n) is 11.2. The molecule has 0 amide bonds. The molecule has 3 nitrogen and oxygen atoms in total. The molecule has 3 atom stereocenters. The summed E-state index contributed by atoms with van der Waals surface area (Å²) in [5, 5.41) is 0. The molecule has 0 saturated heterocycles. The molecule has 4 heteroatoms. The fourth-order valence-electron chi connectivity index (χ4n) is 2.36. The first-order chi connectivity index (χ1) is 9.13. The van der Waals surface area contributed by atoms with Crippen molar-refractivity contribution in [2.75, 3.05) is 7.11 Å². The highest BCUT2D eigenvalue weighted by molar-refractivity contribution is 7.89. The Kier molecular flexibility index (Phi) is 4.66. The van der Waals surface area contributed by atoms with E-state index in [9.17, 15) is 9.00 Å². The van der Waals surface area contributed by atoms with Gasteiger partial charge in [0.05, 0.1) is 16.9 Å². The van der Waals surface area contributed by atoms with Gasteiger partial charge in [-0.2, -0.15) is 0 Å². The number of hydrogen-bond donors (Lipinski definition) is 0. The maximum absolute atomic E-state index is 12.4. The Labute approximate surface area is 116 Å². The smallest absolute Gasteiger partial charge is 0.135 e. The van der Waals surface area contributed by atoms with Gasteiger partial charge in [-0.05, 0) is 38.0 Å². The number of hydrogen-bond acceptors (Lipinski definition) is 3. The van der Waals surface area contributed by atoms with Crippen molar-refractivity contribution in [2.24, 2.45) is 5.92 Å². The van der Waals surface area contributed by atoms with E-state index in [4.69, 9.17) is 4.74 Å². The number of carbonyl (C=O) groups excluding carboxylic acids is 1. The topological polar surface area (TPSA) is 43.4 Å². The number of ether oxygens (including phenoxy) is 1. The molecule has 0 N–H and O–H groups in total. The second kappa shape index (κ2) is 6.26. The SMILES string of the molecule is CO[C@H]1C=C(S(=O)c2ccccc2)CC[C@@H]1C(C)=O. The van der Waals surface area contributed by atoms with E-state index < -0.39 is 10.8 Å². The van der Waals surface area contributed by atoms with E-state index in [1.807, 2.05) is 36.4 Å². The van der Waals surface area contributed by atoms with Gasteiger partial charge in [0, 0.05) is 22.8 Å². The third kappa shape index (κ3) is 3.19. The van der Waals surface area contributed by atoms with Gasteiger partial charge >= 0.3 is 0 Å². The highest BCUT2D eigenvalue weighted by Crippen LogP contribution is 2.30. The van der Waals surface area contributed by atoms with Crippen molar-refractivity contribution in [2.45, 2.75) is 30.8 Å². The number of methoxy groups -OCH3 is 1. The lowest BCUT2D eigenvalue weighted by atomic mass is 9.88. The van der Waals surface area contributed by atoms with Crippen molar-refractivity contribution >= 4 is 16.6 Å². The monoisotopic (exact) mass is 278 g/mol. The number of Topliss-reactive ketones (excluding diaryl/α,β-unsaturated/α-hetero) is 1. The molecular formula is C15H18O3S. The fraction of sp³-hybridized carbons (Fsp3) is 0.400. The third-order valence-corrected chi connectivity index (χ3v) is 4.96. The molecule has 2 rings (SSSR count). The normalized spacial score (nSPS) is 24.6. The standard InChI is InChI=1S/C15H18O3S/c1-11(16)14-9-8-13(10-15(14)18-2)19(17)12-6-4-3-5-7-12/h3-7,10,14-15H,8-9H2,1-2H3/t14-,15+,19?/m1/s1. The van der Waals surface area contributed by atoms with E-state index in [2.05, 4.69) is 0 Å². The molecular weight excluding hydrogens is 260 g/mol. The first kappa shape index (κ1) is 14.2. The second-order valence-electron chi connectivity index (χ2n) is 4.67. The van der Waals surface area contributed by atoms with Gasteiger partial charge in [0.2, 0.25) is 0 Å². The second-order valence-corrected chi connectivity index (χ2v) is 6.20. The van der Waals surface area contributed by atoms with Crippen molar-refractivity contribution in [3.63, 3.8) is 0 Å². The molecule has 0 fully saturated rings. The largest absolute Gasteiger partial charge is 0.377 e. The predicted octanol–water partition coefficient (Wildman–Crippen LogP) is 2.69. The summed E-state index contributed by atoms with van der Waals surface area (Å²) in [7, 11) is 0.438. The van der Waals surface area contributed by atoms with Crippen LogP contribution in [0.4, 0.5) is 0 Å². The molecule has 1 aromatic carbocycles. The Bertz CT molecular complexity index is 507. The molecule has 0 spiro atoms. The molecule has 0 aromatic heterocycles. The Balaban J connectivity index is 2.22. The van der Waals surface area contributed by atoms with Crippen molar-refractivity contribution in [3.8, 4) is 0 Å². The van der Waals surface area contributed by atoms with Gasteiger partial charge in [0.1, 0.15) is 5.78 Å². The van der Waals surface area contributed by atoms with Crippen LogP contribution in [0, 0.1) is 5.92 Å². The van der Waals surface area contributed by atoms with Crippen molar-refractivity contribution in [1.82, 2.24) is 0 Å². The lowest BCUT2D eigenvalue weighted by Gasteiger charge is -2.27. The van der Waals surface area contributed by atoms with Crippen molar-refractivity contribution < 1.29 is 13.7 Å². The van der Waals surface area contributed by atoms with Gasteiger partial charge < -0.3 is 4.74 Å². The number of carbonyl (C=O) groups is 1. The highest BCUT2D eigenvalue weighted by Gasteiger charge is 2.30. The molecule has 0 saturated carbocycles. The first-order valence-corrected chi connectivity index (χ1v) is 7.49. The van der Waals surface area contributed by atoms with Gasteiger partial charge in [-0.1, -0.05) is 18.2 Å². The number of ketones is 1. The summed E-state index contributed by atoms with van der Waals surface area (Å²) in [5.74, 6) is 0.0224. The van der Waals surface area contributed by atoms with Crippen LogP contribution in [-0.4, -0.2) is 23.2 Å². The number of rotatable bonds is 4. The van der Waals surface area contributed by atoms with Crippen LogP contribution in [-0.2, 0) is 20.3 Å². The Morgan fingerprint density at radius 1 is 1.32 bits per heavy atom. The molecule has 1 unspecified atom stereocenters. The van der Waals surface area contributed by atoms with Crippen LogP contribution in [0.5, 0.6) is 0 Å². The summed E-state index contributed by atoms with van der Waals surface area (Å²) in [5.41, 5.74) is 0. The lowest BCUT2D eigenvalue weighted by Crippen LogP contribution is -2.30. The highest BCUT2D eigenvalue weighted by atomic mass is 32.2. The predicted molar refractivity (Wildman–Crippen MR) is 75.1 cm³/mol. The number of allylic oxidation sites excluding steroid dienone is 1. The minimum absolute atomic E-state index is 0.110. The van der Waals surface area contributed by atoms with Gasteiger partial charge in [-0.15, -0.1) is 0 Å². The molecule has 19 heavy (non-hydrogen) atoms. The van der Waals surface area contributed by atoms with Crippen LogP contribution in [0.1, 0.15) is 19.8 Å². The van der Waals surface area contributed by atoms with E-state index in [1.54, 1.807) is 14.0 Å². The minimum atomic E-state index is -1.15. The summed E-state index contributed by atoms with van der Waals surface area (Å²) >= 11 is 0. The van der Waals surface area contributed by atoms with Gasteiger partial charge in [0.15, 0.2) is 0 Å². The zero-order chi connectivity index (χ0) is 13.8. The molecule has 0 heterocycles. The van der Waals surface area contributed by atoms with Crippen LogP contribution < -0.4 is 0 Å². The molecule has 0 aliphatic heterocycles. The quantitative estimate of drug-likeness (QED) is 0.850. The third-order valence-electron chi connectivity index (χ3n) is 3.44. The average molecular weight is 278 g/mol. The van der Waals surface area contributed by atoms with Crippen LogP contribution in [0.2, 0.25) is 0 Å². The Morgan fingerprint density at radius 3 is 2.58 bits per heavy atom. The van der Waals surface area contributed by atoms with Crippen LogP contribution >= 0.6 is 0 Å². The first-order valence-electron chi connectivity index (χ1n) is 6.34. The number of benzene rings is 1. The molecule has 102 valence electrons. The van der Waals surface area contributed by atoms with Gasteiger partial charge in [0.25, 0.3) is 0 Å². The van der Waals surface area contributed by atoms with Crippen LogP contribution in [0.15, 0.2) is 46.2 Å². The minimum Gasteiger partial charge on any atom is -0.377 e. The zero-order valence-corrected chi connectivity index (χ0v) is 12.0. The van der Waals surface area contributed by atoms with Crippen LogP contribution in [0.25, 0.3) is 0 Å². The molecule has 0 radical (unpaired) electrons. The van der Waals surface area contributed by atoms with E-state index in [0.717, 1.165) is 9.80 Å². The van der Waals surface area contributed by atoms with Crippen LogP contribution in [0.3, 0.4) is 0 Å². The maximum Gasteiger partial charge on any atom is 0.135 e. The summed E-state index contributed by atoms with van der Waals surface area (Å²) in [6, 6.07) is 9.37. The van der Waals surface area contributed by atoms with Crippen molar-refractivity contribution in [1.29, 1.82) is 0 Å². The molecule has 1 aromatic rings. The Morgan fingerprint density at radius 2 is 2.00 bits per heavy atom. The van der Waals surface area contributed by atoms with Crippen molar-refractivity contribution in [3.05, 3.63) is 41.3 Å². The van der Waals surface area contributed by atoms with E-state index in [0.29, 0.717) is 12.8 Å². The summed E-state index contributed by atoms with van der Waals surface area (Å²) in [4.78, 5) is 13.2. The van der Waals surface area contributed by atoms with E-state index in [-0.39, 0.29) is 17.8 Å². The fourth-order valence-corrected chi connectivity index (χ4v) is 3.63. The Hall–Kier alpha value is -1.26. The van der Waals surface area contributed by atoms with E-state index >= 15 is 0 Å². The molecule has 1 aliphatic rings. The molecule has 1 aliphatic carbocycles. The average Bonchev–Trinajstić information content (AvgIpc) is 2.46.